The number of nitrogens with one attached hydrogen (secondary N) is 1. The second kappa shape index (κ2) is 4.74. The molecule has 5 nitrogen and oxygen atoms in total. The lowest BCUT2D eigenvalue weighted by Gasteiger charge is -2.08. The molecular formula is C15H22N2O3. The predicted octanol–water partition coefficient (Wildman–Crippen LogP) is 3.13. The Balaban J connectivity index is 2.08. The second-order valence-electron chi connectivity index (χ2n) is 6.52. The third-order valence-corrected chi connectivity index (χ3v) is 4.97. The summed E-state index contributed by atoms with van der Waals surface area (Å²) >= 11 is 0. The minimum absolute atomic E-state index is 0.0149. The minimum Gasteiger partial charge on any atom is -0.490 e. The number of hydrogen-bond donors (Lipinski definition) is 1. The summed E-state index contributed by atoms with van der Waals surface area (Å²) in [5.41, 5.74) is 1.42. The Bertz CT molecular complexity index is 524. The number of nitro benzene ring substituents is 1. The molecule has 1 N–H and O–H groups in total. The van der Waals surface area contributed by atoms with Gasteiger partial charge in [0, 0.05) is 18.7 Å². The largest absolute Gasteiger partial charge is 0.490 e. The van der Waals surface area contributed by atoms with Crippen LogP contribution in [0.1, 0.15) is 33.3 Å². The highest BCUT2D eigenvalue weighted by Gasteiger charge is 2.64. The fourth-order valence-corrected chi connectivity index (χ4v) is 2.91. The van der Waals surface area contributed by atoms with E-state index >= 15 is 0 Å². The summed E-state index contributed by atoms with van der Waals surface area (Å²) in [4.78, 5) is 10.6. The SMILES string of the molecule is COc1ccc(CNC2C(C)(C)C2(C)C)cc1[N+](=O)[O-]. The molecule has 0 radical (unpaired) electrons. The van der Waals surface area contributed by atoms with E-state index in [2.05, 4.69) is 33.0 Å². The zero-order valence-electron chi connectivity index (χ0n) is 12.7. The number of benzene rings is 1. The van der Waals surface area contributed by atoms with Crippen molar-refractivity contribution in [3.63, 3.8) is 0 Å². The highest BCUT2D eigenvalue weighted by Crippen LogP contribution is 2.62. The zero-order valence-corrected chi connectivity index (χ0v) is 12.7. The van der Waals surface area contributed by atoms with E-state index in [9.17, 15) is 10.1 Å². The summed E-state index contributed by atoms with van der Waals surface area (Å²) in [5, 5.41) is 14.5. The molecule has 0 bridgehead atoms. The van der Waals surface area contributed by atoms with Gasteiger partial charge >= 0.3 is 5.69 Å². The first-order chi connectivity index (χ1) is 9.21. The van der Waals surface area contributed by atoms with Crippen molar-refractivity contribution >= 4 is 5.69 Å². The molecule has 1 aliphatic carbocycles. The number of methoxy groups -OCH3 is 1. The smallest absolute Gasteiger partial charge is 0.311 e. The van der Waals surface area contributed by atoms with Crippen molar-refractivity contribution in [2.24, 2.45) is 10.8 Å². The number of rotatable bonds is 5. The molecule has 20 heavy (non-hydrogen) atoms. The standard InChI is InChI=1S/C15H22N2O3/c1-14(2)13(15(14,3)4)16-9-10-6-7-12(20-5)11(8-10)17(18)19/h6-8,13,16H,9H2,1-5H3. The van der Waals surface area contributed by atoms with Crippen molar-refractivity contribution in [2.75, 3.05) is 7.11 Å². The van der Waals surface area contributed by atoms with Gasteiger partial charge in [-0.1, -0.05) is 33.8 Å². The summed E-state index contributed by atoms with van der Waals surface area (Å²) in [5.74, 6) is 0.297. The molecule has 0 atom stereocenters. The number of ether oxygens (including phenoxy) is 1. The third kappa shape index (κ3) is 2.26. The molecule has 0 aromatic heterocycles. The Labute approximate surface area is 119 Å². The van der Waals surface area contributed by atoms with Crippen LogP contribution in [-0.4, -0.2) is 18.1 Å². The Morgan fingerprint density at radius 2 is 1.90 bits per heavy atom. The van der Waals surface area contributed by atoms with Gasteiger partial charge in [-0.3, -0.25) is 10.1 Å². The summed E-state index contributed by atoms with van der Waals surface area (Å²) in [6.45, 7) is 9.58. The minimum atomic E-state index is -0.409. The summed E-state index contributed by atoms with van der Waals surface area (Å²) < 4.78 is 5.00. The lowest BCUT2D eigenvalue weighted by Crippen LogP contribution is -2.21. The Hall–Kier alpha value is -1.62. The van der Waals surface area contributed by atoms with E-state index < -0.39 is 4.92 Å². The average Bonchev–Trinajstić information content (AvgIpc) is 2.76. The first-order valence-electron chi connectivity index (χ1n) is 6.76. The molecule has 1 aliphatic rings. The maximum absolute atomic E-state index is 11.0. The lowest BCUT2D eigenvalue weighted by molar-refractivity contribution is -0.385. The molecule has 1 saturated carbocycles. The van der Waals surface area contributed by atoms with Crippen LogP contribution in [0.25, 0.3) is 0 Å². The van der Waals surface area contributed by atoms with Crippen LogP contribution in [-0.2, 0) is 6.54 Å². The lowest BCUT2D eigenvalue weighted by atomic mass is 10.0. The van der Waals surface area contributed by atoms with Gasteiger partial charge in [0.25, 0.3) is 0 Å². The Morgan fingerprint density at radius 3 is 2.35 bits per heavy atom. The first kappa shape index (κ1) is 14.8. The highest BCUT2D eigenvalue weighted by atomic mass is 16.6. The Morgan fingerprint density at radius 1 is 1.30 bits per heavy atom. The molecule has 0 unspecified atom stereocenters. The van der Waals surface area contributed by atoms with Crippen molar-refractivity contribution in [2.45, 2.75) is 40.3 Å². The topological polar surface area (TPSA) is 64.4 Å². The molecule has 1 aromatic rings. The molecule has 0 saturated heterocycles. The van der Waals surface area contributed by atoms with Gasteiger partial charge in [-0.05, 0) is 22.5 Å². The summed E-state index contributed by atoms with van der Waals surface area (Å²) in [7, 11) is 1.44. The van der Waals surface area contributed by atoms with Crippen LogP contribution in [0.4, 0.5) is 5.69 Å². The predicted molar refractivity (Wildman–Crippen MR) is 77.8 cm³/mol. The fraction of sp³-hybridized carbons (Fsp3) is 0.600. The van der Waals surface area contributed by atoms with E-state index in [0.29, 0.717) is 18.3 Å². The molecule has 2 rings (SSSR count). The molecular weight excluding hydrogens is 256 g/mol. The molecule has 1 aromatic carbocycles. The second-order valence-corrected chi connectivity index (χ2v) is 6.52. The van der Waals surface area contributed by atoms with Gasteiger partial charge in [-0.2, -0.15) is 0 Å². The van der Waals surface area contributed by atoms with Gasteiger partial charge in [0.2, 0.25) is 0 Å². The number of nitrogens with zero attached hydrogens (tertiary/aromatic N) is 1. The van der Waals surface area contributed by atoms with E-state index in [4.69, 9.17) is 4.74 Å². The van der Waals surface area contributed by atoms with Gasteiger partial charge in [-0.25, -0.2) is 0 Å². The van der Waals surface area contributed by atoms with Crippen LogP contribution in [0.2, 0.25) is 0 Å². The van der Waals surface area contributed by atoms with Gasteiger partial charge in [-0.15, -0.1) is 0 Å². The van der Waals surface area contributed by atoms with Crippen molar-refractivity contribution in [1.29, 1.82) is 0 Å². The first-order valence-corrected chi connectivity index (χ1v) is 6.76. The molecule has 1 fully saturated rings. The third-order valence-electron chi connectivity index (χ3n) is 4.97. The van der Waals surface area contributed by atoms with Gasteiger partial charge < -0.3 is 10.1 Å². The van der Waals surface area contributed by atoms with Crippen LogP contribution in [0.15, 0.2) is 18.2 Å². The van der Waals surface area contributed by atoms with Crippen molar-refractivity contribution in [3.8, 4) is 5.75 Å². The maximum Gasteiger partial charge on any atom is 0.311 e. The van der Waals surface area contributed by atoms with Crippen molar-refractivity contribution < 1.29 is 9.66 Å². The van der Waals surface area contributed by atoms with Crippen LogP contribution < -0.4 is 10.1 Å². The van der Waals surface area contributed by atoms with Gasteiger partial charge in [0.05, 0.1) is 12.0 Å². The van der Waals surface area contributed by atoms with Crippen LogP contribution in [0.3, 0.4) is 0 Å². The van der Waals surface area contributed by atoms with Gasteiger partial charge in [0.1, 0.15) is 0 Å². The van der Waals surface area contributed by atoms with Gasteiger partial charge in [0.15, 0.2) is 5.75 Å². The van der Waals surface area contributed by atoms with E-state index in [1.54, 1.807) is 12.1 Å². The summed E-state index contributed by atoms with van der Waals surface area (Å²) in [6, 6.07) is 5.52. The normalized spacial score (nSPS) is 19.6. The maximum atomic E-state index is 11.0. The molecule has 0 heterocycles. The van der Waals surface area contributed by atoms with Crippen LogP contribution >= 0.6 is 0 Å². The average molecular weight is 278 g/mol. The number of hydrogen-bond acceptors (Lipinski definition) is 4. The number of nitro groups is 1. The fourth-order valence-electron chi connectivity index (χ4n) is 2.91. The van der Waals surface area contributed by atoms with E-state index in [0.717, 1.165) is 5.56 Å². The monoisotopic (exact) mass is 278 g/mol. The Kier molecular flexibility index (Phi) is 3.50. The summed E-state index contributed by atoms with van der Waals surface area (Å²) in [6.07, 6.45) is 0. The van der Waals surface area contributed by atoms with Crippen LogP contribution in [0, 0.1) is 20.9 Å². The highest BCUT2D eigenvalue weighted by molar-refractivity contribution is 5.48. The molecule has 0 spiro atoms. The van der Waals surface area contributed by atoms with Crippen LogP contribution in [0.5, 0.6) is 5.75 Å². The van der Waals surface area contributed by atoms with Crippen molar-refractivity contribution in [1.82, 2.24) is 5.32 Å². The molecule has 5 heteroatoms. The zero-order chi connectivity index (χ0) is 15.1. The molecule has 110 valence electrons. The van der Waals surface area contributed by atoms with E-state index in [-0.39, 0.29) is 16.5 Å². The van der Waals surface area contributed by atoms with E-state index in [1.165, 1.54) is 7.11 Å². The van der Waals surface area contributed by atoms with Crippen molar-refractivity contribution in [3.05, 3.63) is 33.9 Å². The molecule has 0 aliphatic heterocycles. The van der Waals surface area contributed by atoms with E-state index in [1.807, 2.05) is 6.07 Å². The molecule has 0 amide bonds. The quantitative estimate of drug-likeness (QED) is 0.664.